The van der Waals surface area contributed by atoms with Crippen LogP contribution in [0.4, 0.5) is 0 Å². The van der Waals surface area contributed by atoms with Crippen LogP contribution in [0.15, 0.2) is 62.7 Å². The van der Waals surface area contributed by atoms with E-state index in [1.165, 1.54) is 0 Å². The molecule has 0 aromatic rings. The molecule has 0 spiro atoms. The summed E-state index contributed by atoms with van der Waals surface area (Å²) >= 11 is 0. The van der Waals surface area contributed by atoms with Crippen molar-refractivity contribution in [3.05, 3.63) is 5.53 Å². The summed E-state index contributed by atoms with van der Waals surface area (Å²) in [5.41, 5.74) is 13.9. The smallest absolute Gasteiger partial charge is 0.0000000137 e. The minimum absolute atomic E-state index is 2.24. The standard InChI is InChI=1S/HN14/c1-3-5-7-9-11-13-14-12-10-8-6-4-2/h1H/q-1/b3-1?,7-5+,8-6+,11-9+,12-10+,14-13+. The van der Waals surface area contributed by atoms with Gasteiger partial charge in [0.25, 0.3) is 0 Å². The maximum atomic E-state index is 7.72. The molecule has 72 valence electrons. The SMILES string of the molecule is [N-]=N/N=N/N=N/N=N/N=N/N=N/N=N. The lowest BCUT2D eigenvalue weighted by atomic mass is 12.3. The molecule has 0 aromatic heterocycles. The highest BCUT2D eigenvalue weighted by Crippen LogP contribution is 1.86. The third kappa shape index (κ3) is 9.20. The van der Waals surface area contributed by atoms with Gasteiger partial charge in [0.1, 0.15) is 0 Å². The van der Waals surface area contributed by atoms with E-state index in [9.17, 15) is 0 Å². The van der Waals surface area contributed by atoms with Gasteiger partial charge in [0.15, 0.2) is 0 Å². The van der Waals surface area contributed by atoms with Crippen molar-refractivity contribution in [2.45, 2.75) is 0 Å². The van der Waals surface area contributed by atoms with Crippen LogP contribution >= 0.6 is 0 Å². The van der Waals surface area contributed by atoms with E-state index >= 15 is 0 Å². The van der Waals surface area contributed by atoms with E-state index in [-0.39, 0.29) is 0 Å². The van der Waals surface area contributed by atoms with Crippen molar-refractivity contribution < 1.29 is 0 Å². The molecule has 0 aliphatic heterocycles. The van der Waals surface area contributed by atoms with Gasteiger partial charge in [-0.3, -0.25) is 5.22 Å². The van der Waals surface area contributed by atoms with Crippen molar-refractivity contribution in [3.8, 4) is 0 Å². The first-order valence-electron chi connectivity index (χ1n) is 2.62. The Balaban J connectivity index is 3.72. The summed E-state index contributed by atoms with van der Waals surface area (Å²) in [5, 5.41) is 33.1. The number of hydrogen-bond acceptors (Lipinski definition) is 1. The highest BCUT2D eigenvalue weighted by molar-refractivity contribution is 4.13. The van der Waals surface area contributed by atoms with Crippen LogP contribution in [0.1, 0.15) is 0 Å². The molecule has 14 heteroatoms. The van der Waals surface area contributed by atoms with Gasteiger partial charge in [0, 0.05) is 0 Å². The zero-order valence-corrected chi connectivity index (χ0v) is 6.31. The van der Waals surface area contributed by atoms with Gasteiger partial charge in [-0.25, -0.2) is 5.22 Å². The predicted octanol–water partition coefficient (Wildman–Crippen LogP) is 2.79. The Morgan fingerprint density at radius 2 is 0.929 bits per heavy atom. The third-order valence-electron chi connectivity index (χ3n) is 0.445. The van der Waals surface area contributed by atoms with Gasteiger partial charge in [-0.1, -0.05) is 0 Å². The molecule has 0 aliphatic carbocycles. The maximum absolute atomic E-state index is 7.72. The van der Waals surface area contributed by atoms with Crippen LogP contribution in [-0.4, -0.2) is 0 Å². The lowest BCUT2D eigenvalue weighted by molar-refractivity contribution is 0.754. The molecule has 0 amide bonds. The molecular weight excluding hydrogens is 196 g/mol. The van der Waals surface area contributed by atoms with Gasteiger partial charge in [0.2, 0.25) is 0 Å². The molecule has 0 rings (SSSR count). The first kappa shape index (κ1) is 11.2. The predicted molar refractivity (Wildman–Crippen MR) is 35.2 cm³/mol. The van der Waals surface area contributed by atoms with E-state index in [0.717, 1.165) is 0 Å². The maximum Gasteiger partial charge on any atom is -0.0000000137 e. The van der Waals surface area contributed by atoms with Gasteiger partial charge < -0.3 is 5.53 Å². The lowest BCUT2D eigenvalue weighted by Crippen LogP contribution is -1.49. The second-order valence-corrected chi connectivity index (χ2v) is 1.08. The molecule has 0 aliphatic rings. The Bertz CT molecular complexity index is 253. The Kier molecular flexibility index (Phi) is 8.16. The topological polar surface area (TPSA) is 194 Å². The van der Waals surface area contributed by atoms with E-state index in [2.05, 4.69) is 62.7 Å². The van der Waals surface area contributed by atoms with Crippen molar-refractivity contribution in [1.82, 2.24) is 0 Å². The Morgan fingerprint density at radius 3 is 1.29 bits per heavy atom. The van der Waals surface area contributed by atoms with Crippen LogP contribution in [0.3, 0.4) is 0 Å². The number of nitrogens with one attached hydrogen (secondary N) is 1. The van der Waals surface area contributed by atoms with Crippen molar-refractivity contribution in [2.75, 3.05) is 0 Å². The number of nitrogens with zero attached hydrogens (tertiary/aromatic N) is 13. The molecule has 0 heterocycles. The average Bonchev–Trinajstić information content (AvgIpc) is 2.21. The Morgan fingerprint density at radius 1 is 0.571 bits per heavy atom. The van der Waals surface area contributed by atoms with Gasteiger partial charge in [-0.2, -0.15) is 5.53 Å². The zero-order valence-electron chi connectivity index (χ0n) is 6.31. The van der Waals surface area contributed by atoms with E-state index in [4.69, 9.17) is 11.1 Å². The normalized spacial score (nSPS) is 12.9. The van der Waals surface area contributed by atoms with Crippen molar-refractivity contribution in [3.63, 3.8) is 0 Å². The molecule has 0 atom stereocenters. The molecule has 0 unspecified atom stereocenters. The van der Waals surface area contributed by atoms with Gasteiger partial charge >= 0.3 is 0 Å². The molecule has 14 nitrogen and oxygen atoms in total. The highest BCUT2D eigenvalue weighted by Gasteiger charge is 1.66. The van der Waals surface area contributed by atoms with Crippen LogP contribution in [-0.2, 0) is 0 Å². The molecule has 0 radical (unpaired) electrons. The molecular formula is HN14-. The quantitative estimate of drug-likeness (QED) is 0.482. The fourth-order valence-electron chi connectivity index (χ4n) is 0.181. The molecule has 0 aromatic carbocycles. The van der Waals surface area contributed by atoms with Crippen molar-refractivity contribution in [2.24, 2.45) is 62.7 Å². The first-order valence-corrected chi connectivity index (χ1v) is 2.62. The molecule has 14 heavy (non-hydrogen) atoms. The monoisotopic (exact) mass is 197 g/mol. The molecule has 0 saturated carbocycles. The Labute approximate surface area is 74.9 Å². The van der Waals surface area contributed by atoms with Gasteiger partial charge in [-0.15, -0.1) is 5.22 Å². The van der Waals surface area contributed by atoms with E-state index in [1.54, 1.807) is 0 Å². The summed E-state index contributed by atoms with van der Waals surface area (Å²) in [6.45, 7) is 0. The van der Waals surface area contributed by atoms with Crippen LogP contribution in [0.5, 0.6) is 0 Å². The van der Waals surface area contributed by atoms with Crippen LogP contribution < -0.4 is 0 Å². The van der Waals surface area contributed by atoms with Crippen LogP contribution in [0.25, 0.3) is 5.53 Å². The van der Waals surface area contributed by atoms with E-state index in [0.29, 0.717) is 0 Å². The fraction of sp³-hybridized carbons (Fsp3) is 0. The highest BCUT2D eigenvalue weighted by atomic mass is 15.7. The summed E-state index contributed by atoms with van der Waals surface area (Å²) in [6.07, 6.45) is 0. The van der Waals surface area contributed by atoms with Gasteiger partial charge in [0.05, 0.1) is 0 Å². The molecule has 0 bridgehead atoms. The molecule has 0 fully saturated rings. The van der Waals surface area contributed by atoms with Crippen molar-refractivity contribution in [1.29, 1.82) is 5.53 Å². The number of hydrogen-bond donors (Lipinski definition) is 1. The summed E-state index contributed by atoms with van der Waals surface area (Å²) in [7, 11) is 0. The number of rotatable bonds is 6. The second-order valence-electron chi connectivity index (χ2n) is 1.08. The van der Waals surface area contributed by atoms with Crippen LogP contribution in [0, 0.1) is 5.53 Å². The van der Waals surface area contributed by atoms with Crippen LogP contribution in [0.2, 0.25) is 0 Å². The minimum atomic E-state index is 2.24. The lowest BCUT2D eigenvalue weighted by Gasteiger charge is -1.75. The third-order valence-corrected chi connectivity index (χ3v) is 0.445. The summed E-state index contributed by atoms with van der Waals surface area (Å²) < 4.78 is 0. The summed E-state index contributed by atoms with van der Waals surface area (Å²) in [5.74, 6) is 0. The first-order chi connectivity index (χ1) is 6.91. The minimum Gasteiger partial charge on any atom is -0.360 e. The van der Waals surface area contributed by atoms with Crippen molar-refractivity contribution >= 4 is 0 Å². The second kappa shape index (κ2) is 10.2. The summed E-state index contributed by atoms with van der Waals surface area (Å²) in [4.78, 5) is 0. The molecule has 0 saturated heterocycles. The average molecular weight is 197 g/mol. The molecule has 1 N–H and O–H groups in total. The fourth-order valence-corrected chi connectivity index (χ4v) is 0.181. The van der Waals surface area contributed by atoms with E-state index < -0.39 is 0 Å². The Hall–Kier alpha value is -2.80. The summed E-state index contributed by atoms with van der Waals surface area (Å²) in [6, 6.07) is 0. The van der Waals surface area contributed by atoms with Gasteiger partial charge in [-0.05, 0) is 47.0 Å². The largest absolute Gasteiger partial charge is 0.360 e. The van der Waals surface area contributed by atoms with E-state index in [1.807, 2.05) is 0 Å². The zero-order chi connectivity index (χ0) is 10.5.